The maximum absolute atomic E-state index is 10.7. The number of nitrogens with zero attached hydrogens (tertiary/aromatic N) is 1. The van der Waals surface area contributed by atoms with Gasteiger partial charge in [0.2, 0.25) is 0 Å². The SMILES string of the molecule is O=C(O)c1ccc(NC2CC3CCC2C3)nc1. The van der Waals surface area contributed by atoms with Gasteiger partial charge in [-0.3, -0.25) is 0 Å². The number of hydrogen-bond donors (Lipinski definition) is 2. The molecule has 0 saturated heterocycles. The third kappa shape index (κ3) is 1.99. The van der Waals surface area contributed by atoms with E-state index in [0.717, 1.165) is 17.7 Å². The number of pyridine rings is 1. The molecule has 0 amide bonds. The highest BCUT2D eigenvalue weighted by Crippen LogP contribution is 2.45. The van der Waals surface area contributed by atoms with Crippen molar-refractivity contribution in [2.24, 2.45) is 11.8 Å². The molecular weight excluding hydrogens is 216 g/mol. The van der Waals surface area contributed by atoms with E-state index in [1.165, 1.54) is 31.9 Å². The molecule has 2 bridgehead atoms. The Balaban J connectivity index is 1.67. The number of aromatic nitrogens is 1. The van der Waals surface area contributed by atoms with Crippen molar-refractivity contribution in [3.05, 3.63) is 23.9 Å². The zero-order valence-electron chi connectivity index (χ0n) is 9.60. The fraction of sp³-hybridized carbons (Fsp3) is 0.538. The third-order valence-corrected chi connectivity index (χ3v) is 4.08. The normalized spacial score (nSPS) is 30.5. The summed E-state index contributed by atoms with van der Waals surface area (Å²) in [6.45, 7) is 0. The summed E-state index contributed by atoms with van der Waals surface area (Å²) in [5.41, 5.74) is 0.239. The Labute approximate surface area is 100 Å². The highest BCUT2D eigenvalue weighted by Gasteiger charge is 2.39. The van der Waals surface area contributed by atoms with Gasteiger partial charge in [-0.1, -0.05) is 6.42 Å². The summed E-state index contributed by atoms with van der Waals surface area (Å²) in [6, 6.07) is 3.90. The van der Waals surface area contributed by atoms with Crippen LogP contribution in [-0.2, 0) is 0 Å². The fourth-order valence-corrected chi connectivity index (χ4v) is 3.22. The van der Waals surface area contributed by atoms with Gasteiger partial charge in [0.15, 0.2) is 0 Å². The number of carboxylic acid groups (broad SMARTS) is 1. The van der Waals surface area contributed by atoms with Gasteiger partial charge in [0.25, 0.3) is 0 Å². The number of nitrogens with one attached hydrogen (secondary N) is 1. The van der Waals surface area contributed by atoms with Crippen molar-refractivity contribution in [1.82, 2.24) is 4.98 Å². The highest BCUT2D eigenvalue weighted by molar-refractivity contribution is 5.87. The first-order valence-electron chi connectivity index (χ1n) is 6.18. The second kappa shape index (κ2) is 4.02. The number of anilines is 1. The molecule has 2 aliphatic carbocycles. The lowest BCUT2D eigenvalue weighted by atomic mass is 9.95. The van der Waals surface area contributed by atoms with Gasteiger partial charge < -0.3 is 10.4 Å². The van der Waals surface area contributed by atoms with Crippen LogP contribution in [0.25, 0.3) is 0 Å². The number of hydrogen-bond acceptors (Lipinski definition) is 3. The molecular formula is C13H16N2O2. The first-order chi connectivity index (χ1) is 8.22. The average molecular weight is 232 g/mol. The van der Waals surface area contributed by atoms with Crippen LogP contribution in [0.2, 0.25) is 0 Å². The zero-order valence-corrected chi connectivity index (χ0v) is 9.60. The van der Waals surface area contributed by atoms with Gasteiger partial charge >= 0.3 is 5.97 Å². The molecule has 0 radical (unpaired) electrons. The summed E-state index contributed by atoms with van der Waals surface area (Å²) in [5, 5.41) is 12.2. The van der Waals surface area contributed by atoms with Gasteiger partial charge in [-0.2, -0.15) is 0 Å². The summed E-state index contributed by atoms with van der Waals surface area (Å²) in [6.07, 6.45) is 6.72. The number of carboxylic acids is 1. The van der Waals surface area contributed by atoms with Gasteiger partial charge in [0, 0.05) is 12.2 Å². The molecule has 2 aliphatic rings. The Hall–Kier alpha value is -1.58. The lowest BCUT2D eigenvalue weighted by molar-refractivity contribution is 0.0696. The fourth-order valence-electron chi connectivity index (χ4n) is 3.22. The lowest BCUT2D eigenvalue weighted by Crippen LogP contribution is -2.26. The predicted molar refractivity (Wildman–Crippen MR) is 64.1 cm³/mol. The lowest BCUT2D eigenvalue weighted by Gasteiger charge is -2.23. The molecule has 0 spiro atoms. The molecule has 2 saturated carbocycles. The van der Waals surface area contributed by atoms with Crippen LogP contribution in [0.5, 0.6) is 0 Å². The van der Waals surface area contributed by atoms with E-state index in [4.69, 9.17) is 5.11 Å². The highest BCUT2D eigenvalue weighted by atomic mass is 16.4. The molecule has 1 aromatic heterocycles. The van der Waals surface area contributed by atoms with Crippen molar-refractivity contribution in [1.29, 1.82) is 0 Å². The van der Waals surface area contributed by atoms with E-state index in [0.29, 0.717) is 6.04 Å². The van der Waals surface area contributed by atoms with Gasteiger partial charge in [-0.25, -0.2) is 9.78 Å². The maximum atomic E-state index is 10.7. The van der Waals surface area contributed by atoms with E-state index >= 15 is 0 Å². The van der Waals surface area contributed by atoms with E-state index in [1.807, 2.05) is 0 Å². The average Bonchev–Trinajstić information content (AvgIpc) is 2.91. The maximum Gasteiger partial charge on any atom is 0.337 e. The summed E-state index contributed by atoms with van der Waals surface area (Å²) < 4.78 is 0. The molecule has 4 nitrogen and oxygen atoms in total. The minimum atomic E-state index is -0.927. The molecule has 3 atom stereocenters. The topological polar surface area (TPSA) is 62.2 Å². The van der Waals surface area contributed by atoms with Crippen LogP contribution < -0.4 is 5.32 Å². The molecule has 0 aromatic carbocycles. The molecule has 90 valence electrons. The minimum Gasteiger partial charge on any atom is -0.478 e. The quantitative estimate of drug-likeness (QED) is 0.840. The van der Waals surface area contributed by atoms with E-state index in [1.54, 1.807) is 12.1 Å². The molecule has 3 rings (SSSR count). The molecule has 4 heteroatoms. The van der Waals surface area contributed by atoms with E-state index in [2.05, 4.69) is 10.3 Å². The van der Waals surface area contributed by atoms with Crippen molar-refractivity contribution in [2.75, 3.05) is 5.32 Å². The number of aromatic carboxylic acids is 1. The predicted octanol–water partition coefficient (Wildman–Crippen LogP) is 2.38. The van der Waals surface area contributed by atoms with Crippen LogP contribution in [0, 0.1) is 11.8 Å². The van der Waals surface area contributed by atoms with Gasteiger partial charge in [-0.15, -0.1) is 0 Å². The third-order valence-electron chi connectivity index (χ3n) is 4.08. The van der Waals surface area contributed by atoms with E-state index in [-0.39, 0.29) is 5.56 Å². The van der Waals surface area contributed by atoms with E-state index in [9.17, 15) is 4.79 Å². The Morgan fingerprint density at radius 1 is 1.35 bits per heavy atom. The summed E-state index contributed by atoms with van der Waals surface area (Å²) in [5.74, 6) is 1.56. The monoisotopic (exact) mass is 232 g/mol. The minimum absolute atomic E-state index is 0.239. The van der Waals surface area contributed by atoms with Crippen molar-refractivity contribution in [2.45, 2.75) is 31.7 Å². The molecule has 2 N–H and O–H groups in total. The van der Waals surface area contributed by atoms with E-state index < -0.39 is 5.97 Å². The molecule has 3 unspecified atom stereocenters. The second-order valence-corrected chi connectivity index (χ2v) is 5.16. The zero-order chi connectivity index (χ0) is 11.8. The number of rotatable bonds is 3. The van der Waals surface area contributed by atoms with Crippen LogP contribution in [0.15, 0.2) is 18.3 Å². The molecule has 0 aliphatic heterocycles. The second-order valence-electron chi connectivity index (χ2n) is 5.16. The van der Waals surface area contributed by atoms with Crippen LogP contribution in [0.3, 0.4) is 0 Å². The number of carbonyl (C=O) groups is 1. The Kier molecular flexibility index (Phi) is 2.50. The van der Waals surface area contributed by atoms with Gasteiger partial charge in [0.05, 0.1) is 5.56 Å². The van der Waals surface area contributed by atoms with Crippen molar-refractivity contribution < 1.29 is 9.90 Å². The van der Waals surface area contributed by atoms with Crippen molar-refractivity contribution in [3.63, 3.8) is 0 Å². The summed E-state index contributed by atoms with van der Waals surface area (Å²) in [7, 11) is 0. The summed E-state index contributed by atoms with van der Waals surface area (Å²) >= 11 is 0. The van der Waals surface area contributed by atoms with Crippen LogP contribution >= 0.6 is 0 Å². The van der Waals surface area contributed by atoms with Crippen LogP contribution in [0.4, 0.5) is 5.82 Å². The summed E-state index contributed by atoms with van der Waals surface area (Å²) in [4.78, 5) is 14.9. The first-order valence-corrected chi connectivity index (χ1v) is 6.18. The first kappa shape index (κ1) is 10.6. The largest absolute Gasteiger partial charge is 0.478 e. The van der Waals surface area contributed by atoms with Gasteiger partial charge in [-0.05, 0) is 43.2 Å². The molecule has 2 fully saturated rings. The Bertz CT molecular complexity index is 430. The Morgan fingerprint density at radius 2 is 2.24 bits per heavy atom. The molecule has 17 heavy (non-hydrogen) atoms. The van der Waals surface area contributed by atoms with Crippen LogP contribution in [-0.4, -0.2) is 22.1 Å². The smallest absolute Gasteiger partial charge is 0.337 e. The Morgan fingerprint density at radius 3 is 2.76 bits per heavy atom. The van der Waals surface area contributed by atoms with Crippen molar-refractivity contribution in [3.8, 4) is 0 Å². The van der Waals surface area contributed by atoms with Crippen molar-refractivity contribution >= 4 is 11.8 Å². The molecule has 1 heterocycles. The standard InChI is InChI=1S/C13H16N2O2/c16-13(17)10-3-4-12(14-7-10)15-11-6-8-1-2-9(11)5-8/h3-4,7-9,11H,1-2,5-6H2,(H,14,15)(H,16,17). The number of fused-ring (bicyclic) bond motifs is 2. The van der Waals surface area contributed by atoms with Crippen LogP contribution in [0.1, 0.15) is 36.0 Å². The van der Waals surface area contributed by atoms with Gasteiger partial charge in [0.1, 0.15) is 5.82 Å². The molecule has 1 aromatic rings.